The highest BCUT2D eigenvalue weighted by Gasteiger charge is 2.15. The van der Waals surface area contributed by atoms with Crippen LogP contribution in [-0.2, 0) is 4.74 Å². The number of para-hydroxylation sites is 1. The van der Waals surface area contributed by atoms with E-state index in [0.717, 1.165) is 6.42 Å². The van der Waals surface area contributed by atoms with Crippen LogP contribution in [0.25, 0.3) is 0 Å². The molecule has 2 N–H and O–H groups in total. The van der Waals surface area contributed by atoms with Gasteiger partial charge in [0.05, 0.1) is 17.4 Å². The molecule has 0 heterocycles. The van der Waals surface area contributed by atoms with E-state index in [4.69, 9.17) is 4.74 Å². The third kappa shape index (κ3) is 4.81. The van der Waals surface area contributed by atoms with Crippen LogP contribution < -0.4 is 10.6 Å². The summed E-state index contributed by atoms with van der Waals surface area (Å²) in [6.07, 6.45) is 0.793. The molecule has 112 valence electrons. The molecule has 0 aromatic heterocycles. The van der Waals surface area contributed by atoms with E-state index in [9.17, 15) is 9.18 Å². The molecule has 0 spiro atoms. The lowest BCUT2D eigenvalue weighted by atomic mass is 10.1. The summed E-state index contributed by atoms with van der Waals surface area (Å²) in [5.74, 6) is -0.710. The zero-order valence-corrected chi connectivity index (χ0v) is 12.3. The molecule has 1 aromatic carbocycles. The van der Waals surface area contributed by atoms with Gasteiger partial charge in [-0.2, -0.15) is 0 Å². The van der Waals surface area contributed by atoms with E-state index >= 15 is 0 Å². The first-order valence-corrected chi connectivity index (χ1v) is 7.02. The summed E-state index contributed by atoms with van der Waals surface area (Å²) in [4.78, 5) is 12.1. The summed E-state index contributed by atoms with van der Waals surface area (Å²) in [5.41, 5.74) is 0.582. The molecule has 20 heavy (non-hydrogen) atoms. The molecule has 4 nitrogen and oxygen atoms in total. The summed E-state index contributed by atoms with van der Waals surface area (Å²) in [5, 5.41) is 5.71. The van der Waals surface area contributed by atoms with Crippen molar-refractivity contribution in [3.05, 3.63) is 29.6 Å². The molecule has 0 aliphatic carbocycles. The minimum atomic E-state index is -0.413. The number of carbonyl (C=O) groups excluding carboxylic acids is 1. The first kappa shape index (κ1) is 16.4. The van der Waals surface area contributed by atoms with Crippen LogP contribution in [0.2, 0.25) is 0 Å². The standard InChI is InChI=1S/C15H23FN2O2/c1-4-9-17-14-12(7-6-8-13(14)16)15(19)18-10-11(3)20-5-2/h6-8,11,17H,4-5,9-10H2,1-3H3,(H,18,19). The number of amides is 1. The highest BCUT2D eigenvalue weighted by Crippen LogP contribution is 2.19. The number of ether oxygens (including phenoxy) is 1. The average molecular weight is 282 g/mol. The van der Waals surface area contributed by atoms with Gasteiger partial charge < -0.3 is 15.4 Å². The van der Waals surface area contributed by atoms with E-state index in [1.807, 2.05) is 20.8 Å². The second kappa shape index (κ2) is 8.53. The Balaban J connectivity index is 2.74. The summed E-state index contributed by atoms with van der Waals surface area (Å²) in [6.45, 7) is 7.38. The van der Waals surface area contributed by atoms with Crippen molar-refractivity contribution >= 4 is 11.6 Å². The number of carbonyl (C=O) groups is 1. The number of hydrogen-bond acceptors (Lipinski definition) is 3. The Morgan fingerprint density at radius 1 is 1.40 bits per heavy atom. The van der Waals surface area contributed by atoms with Crippen molar-refractivity contribution < 1.29 is 13.9 Å². The minimum Gasteiger partial charge on any atom is -0.382 e. The molecule has 1 rings (SSSR count). The molecule has 0 saturated heterocycles. The van der Waals surface area contributed by atoms with Crippen molar-refractivity contribution in [2.24, 2.45) is 0 Å². The lowest BCUT2D eigenvalue weighted by Gasteiger charge is -2.15. The Labute approximate surface area is 119 Å². The van der Waals surface area contributed by atoms with Crippen molar-refractivity contribution in [3.63, 3.8) is 0 Å². The Hall–Kier alpha value is -1.62. The second-order valence-corrected chi connectivity index (χ2v) is 4.57. The first-order valence-electron chi connectivity index (χ1n) is 7.02. The molecule has 0 saturated carbocycles. The predicted molar refractivity (Wildman–Crippen MR) is 78.6 cm³/mol. The van der Waals surface area contributed by atoms with E-state index in [1.54, 1.807) is 6.07 Å². The quantitative estimate of drug-likeness (QED) is 0.771. The SMILES string of the molecule is CCCNc1c(F)cccc1C(=O)NCC(C)OCC. The van der Waals surface area contributed by atoms with Gasteiger partial charge in [-0.1, -0.05) is 13.0 Å². The Morgan fingerprint density at radius 3 is 2.80 bits per heavy atom. The van der Waals surface area contributed by atoms with Gasteiger partial charge in [0.15, 0.2) is 0 Å². The van der Waals surface area contributed by atoms with Crippen molar-refractivity contribution in [3.8, 4) is 0 Å². The van der Waals surface area contributed by atoms with Crippen molar-refractivity contribution in [1.29, 1.82) is 0 Å². The normalized spacial score (nSPS) is 12.0. The topological polar surface area (TPSA) is 50.4 Å². The summed E-state index contributed by atoms with van der Waals surface area (Å²) in [6, 6.07) is 4.49. The van der Waals surface area contributed by atoms with Crippen LogP contribution in [0.15, 0.2) is 18.2 Å². The fraction of sp³-hybridized carbons (Fsp3) is 0.533. The second-order valence-electron chi connectivity index (χ2n) is 4.57. The fourth-order valence-electron chi connectivity index (χ4n) is 1.82. The summed E-state index contributed by atoms with van der Waals surface area (Å²) < 4.78 is 19.1. The molecule has 0 radical (unpaired) electrons. The number of anilines is 1. The smallest absolute Gasteiger partial charge is 0.253 e. The number of nitrogens with one attached hydrogen (secondary N) is 2. The molecule has 0 aliphatic heterocycles. The Morgan fingerprint density at radius 2 is 2.15 bits per heavy atom. The van der Waals surface area contributed by atoms with Gasteiger partial charge in [-0.05, 0) is 32.4 Å². The van der Waals surface area contributed by atoms with Crippen LogP contribution in [0.1, 0.15) is 37.6 Å². The van der Waals surface area contributed by atoms with Gasteiger partial charge in [-0.3, -0.25) is 4.79 Å². The first-order chi connectivity index (χ1) is 9.60. The lowest BCUT2D eigenvalue weighted by Crippen LogP contribution is -2.32. The van der Waals surface area contributed by atoms with E-state index in [0.29, 0.717) is 25.3 Å². The highest BCUT2D eigenvalue weighted by molar-refractivity contribution is 5.99. The lowest BCUT2D eigenvalue weighted by molar-refractivity contribution is 0.0695. The third-order valence-corrected chi connectivity index (χ3v) is 2.81. The molecular weight excluding hydrogens is 259 g/mol. The van der Waals surface area contributed by atoms with E-state index < -0.39 is 5.82 Å². The van der Waals surface area contributed by atoms with Gasteiger partial charge in [-0.25, -0.2) is 4.39 Å². The zero-order chi connectivity index (χ0) is 15.0. The molecule has 1 atom stereocenters. The third-order valence-electron chi connectivity index (χ3n) is 2.81. The minimum absolute atomic E-state index is 0.0652. The van der Waals surface area contributed by atoms with Crippen molar-refractivity contribution in [2.45, 2.75) is 33.3 Å². The maximum Gasteiger partial charge on any atom is 0.253 e. The van der Waals surface area contributed by atoms with Crippen molar-refractivity contribution in [1.82, 2.24) is 5.32 Å². The average Bonchev–Trinajstić information content (AvgIpc) is 2.43. The monoisotopic (exact) mass is 282 g/mol. The molecule has 1 unspecified atom stereocenters. The Kier molecular flexibility index (Phi) is 7.01. The number of hydrogen-bond donors (Lipinski definition) is 2. The van der Waals surface area contributed by atoms with Crippen LogP contribution in [0, 0.1) is 5.82 Å². The fourth-order valence-corrected chi connectivity index (χ4v) is 1.82. The maximum absolute atomic E-state index is 13.8. The number of benzene rings is 1. The molecule has 5 heteroatoms. The molecule has 1 aromatic rings. The van der Waals surface area contributed by atoms with E-state index in [1.165, 1.54) is 12.1 Å². The van der Waals surface area contributed by atoms with E-state index in [-0.39, 0.29) is 17.7 Å². The molecule has 0 bridgehead atoms. The zero-order valence-electron chi connectivity index (χ0n) is 12.3. The number of rotatable bonds is 8. The summed E-state index contributed by atoms with van der Waals surface area (Å²) >= 11 is 0. The van der Waals surface area contributed by atoms with Crippen molar-refractivity contribution in [2.75, 3.05) is 25.0 Å². The van der Waals surface area contributed by atoms with Crippen LogP contribution in [0.4, 0.5) is 10.1 Å². The van der Waals surface area contributed by atoms with Crippen LogP contribution >= 0.6 is 0 Å². The van der Waals surface area contributed by atoms with E-state index in [2.05, 4.69) is 10.6 Å². The van der Waals surface area contributed by atoms with Gasteiger partial charge in [0.25, 0.3) is 5.91 Å². The van der Waals surface area contributed by atoms with Gasteiger partial charge in [-0.15, -0.1) is 0 Å². The molecule has 1 amide bonds. The molecular formula is C15H23FN2O2. The molecule has 0 aliphatic rings. The Bertz CT molecular complexity index is 438. The van der Waals surface area contributed by atoms with Crippen LogP contribution in [-0.4, -0.2) is 31.7 Å². The largest absolute Gasteiger partial charge is 0.382 e. The van der Waals surface area contributed by atoms with Gasteiger partial charge in [0, 0.05) is 19.7 Å². The predicted octanol–water partition coefficient (Wildman–Crippen LogP) is 2.80. The van der Waals surface area contributed by atoms with Crippen LogP contribution in [0.3, 0.4) is 0 Å². The maximum atomic E-state index is 13.8. The summed E-state index contributed by atoms with van der Waals surface area (Å²) in [7, 11) is 0. The van der Waals surface area contributed by atoms with Gasteiger partial charge in [0.1, 0.15) is 5.82 Å². The number of halogens is 1. The molecule has 0 fully saturated rings. The van der Waals surface area contributed by atoms with Crippen LogP contribution in [0.5, 0.6) is 0 Å². The van der Waals surface area contributed by atoms with Gasteiger partial charge in [0.2, 0.25) is 0 Å². The van der Waals surface area contributed by atoms with Gasteiger partial charge >= 0.3 is 0 Å². The highest BCUT2D eigenvalue weighted by atomic mass is 19.1.